The number of hydrogen-bond donors (Lipinski definition) is 3. The van der Waals surface area contributed by atoms with Crippen molar-refractivity contribution < 1.29 is 24.2 Å². The predicted octanol–water partition coefficient (Wildman–Crippen LogP) is 4.80. The van der Waals surface area contributed by atoms with Crippen molar-refractivity contribution in [2.45, 2.75) is 46.0 Å². The van der Waals surface area contributed by atoms with Crippen LogP contribution < -0.4 is 10.6 Å². The standard InChI is InChI=1S/C28H36N2O5/c1-18(2)12-20(14-27(32)33)16-29-26(31)13-19(3)15-30-28(34)35-17-25-23-10-6-4-8-21(23)22-9-5-7-11-24(22)25/h4-11,18-20,25H,12-17H2,1-3H3,(H,29,31)(H,30,34)(H,32,33). The first-order chi connectivity index (χ1) is 16.7. The molecule has 0 saturated carbocycles. The number of alkyl carbamates (subject to hydrolysis) is 1. The molecule has 2 aromatic carbocycles. The third kappa shape index (κ3) is 7.57. The number of rotatable bonds is 12. The molecule has 0 aliphatic heterocycles. The number of benzene rings is 2. The Labute approximate surface area is 207 Å². The normalized spacial score (nSPS) is 14.1. The largest absolute Gasteiger partial charge is 0.481 e. The van der Waals surface area contributed by atoms with Crippen molar-refractivity contribution in [3.05, 3.63) is 59.7 Å². The fourth-order valence-corrected chi connectivity index (χ4v) is 4.78. The second-order valence-electron chi connectivity index (χ2n) is 9.91. The highest BCUT2D eigenvalue weighted by Gasteiger charge is 2.29. The van der Waals surface area contributed by atoms with Crippen LogP contribution in [0.1, 0.15) is 57.1 Å². The highest BCUT2D eigenvalue weighted by molar-refractivity contribution is 5.79. The number of carbonyl (C=O) groups excluding carboxylic acids is 2. The maximum atomic E-state index is 12.3. The predicted molar refractivity (Wildman–Crippen MR) is 135 cm³/mol. The van der Waals surface area contributed by atoms with E-state index in [1.165, 1.54) is 11.1 Å². The lowest BCUT2D eigenvalue weighted by Crippen LogP contribution is -2.35. The SMILES string of the molecule is CC(C)CC(CNC(=O)CC(C)CNC(=O)OCC1c2ccccc2-c2ccccc21)CC(=O)O. The molecule has 2 unspecified atom stereocenters. The van der Waals surface area contributed by atoms with Crippen molar-refractivity contribution in [1.82, 2.24) is 10.6 Å². The van der Waals surface area contributed by atoms with Crippen LogP contribution in [0.15, 0.2) is 48.5 Å². The van der Waals surface area contributed by atoms with E-state index in [9.17, 15) is 14.4 Å². The highest BCUT2D eigenvalue weighted by Crippen LogP contribution is 2.44. The number of aliphatic carboxylic acids is 1. The monoisotopic (exact) mass is 480 g/mol. The van der Waals surface area contributed by atoms with Gasteiger partial charge in [0.2, 0.25) is 5.91 Å². The molecule has 7 heteroatoms. The number of fused-ring (bicyclic) bond motifs is 3. The molecular formula is C28H36N2O5. The Kier molecular flexibility index (Phi) is 9.29. The van der Waals surface area contributed by atoms with Gasteiger partial charge in [-0.1, -0.05) is 69.3 Å². The first kappa shape index (κ1) is 26.3. The molecule has 0 saturated heterocycles. The van der Waals surface area contributed by atoms with Crippen LogP contribution in [0, 0.1) is 17.8 Å². The smallest absolute Gasteiger partial charge is 0.407 e. The first-order valence-electron chi connectivity index (χ1n) is 12.3. The van der Waals surface area contributed by atoms with Crippen molar-refractivity contribution in [2.75, 3.05) is 19.7 Å². The molecule has 35 heavy (non-hydrogen) atoms. The number of nitrogens with one attached hydrogen (secondary N) is 2. The molecule has 1 aliphatic rings. The van der Waals surface area contributed by atoms with E-state index in [4.69, 9.17) is 9.84 Å². The van der Waals surface area contributed by atoms with Crippen LogP contribution in [-0.4, -0.2) is 42.8 Å². The van der Waals surface area contributed by atoms with Gasteiger partial charge in [0.15, 0.2) is 0 Å². The number of carboxylic acid groups (broad SMARTS) is 1. The summed E-state index contributed by atoms with van der Waals surface area (Å²) in [6.45, 7) is 6.85. The second kappa shape index (κ2) is 12.4. The number of amides is 2. The van der Waals surface area contributed by atoms with Gasteiger partial charge >= 0.3 is 12.1 Å². The summed E-state index contributed by atoms with van der Waals surface area (Å²) in [5, 5.41) is 14.7. The summed E-state index contributed by atoms with van der Waals surface area (Å²) in [7, 11) is 0. The third-order valence-electron chi connectivity index (χ3n) is 6.33. The summed E-state index contributed by atoms with van der Waals surface area (Å²) in [6.07, 6.45) is 0.520. The summed E-state index contributed by atoms with van der Waals surface area (Å²) in [4.78, 5) is 35.7. The van der Waals surface area contributed by atoms with Crippen molar-refractivity contribution in [2.24, 2.45) is 17.8 Å². The van der Waals surface area contributed by atoms with Crippen LogP contribution in [-0.2, 0) is 14.3 Å². The first-order valence-corrected chi connectivity index (χ1v) is 12.3. The highest BCUT2D eigenvalue weighted by atomic mass is 16.5. The van der Waals surface area contributed by atoms with Crippen LogP contribution in [0.2, 0.25) is 0 Å². The Morgan fingerprint density at radius 2 is 1.49 bits per heavy atom. The summed E-state index contributed by atoms with van der Waals surface area (Å²) < 4.78 is 5.54. The van der Waals surface area contributed by atoms with Gasteiger partial charge in [0.05, 0.1) is 0 Å². The minimum absolute atomic E-state index is 0.000869. The van der Waals surface area contributed by atoms with E-state index in [1.54, 1.807) is 0 Å². The van der Waals surface area contributed by atoms with E-state index in [-0.39, 0.29) is 43.1 Å². The molecule has 2 aromatic rings. The number of hydrogen-bond acceptors (Lipinski definition) is 4. The van der Waals surface area contributed by atoms with Crippen LogP contribution in [0.5, 0.6) is 0 Å². The molecule has 3 N–H and O–H groups in total. The fourth-order valence-electron chi connectivity index (χ4n) is 4.78. The number of ether oxygens (including phenoxy) is 1. The molecule has 0 radical (unpaired) electrons. The van der Waals surface area contributed by atoms with Gasteiger partial charge in [-0.3, -0.25) is 9.59 Å². The Hall–Kier alpha value is -3.35. The van der Waals surface area contributed by atoms with Gasteiger partial charge in [0.25, 0.3) is 0 Å². The van der Waals surface area contributed by atoms with E-state index in [2.05, 4.69) is 34.9 Å². The Morgan fingerprint density at radius 1 is 0.886 bits per heavy atom. The minimum Gasteiger partial charge on any atom is -0.481 e. The lowest BCUT2D eigenvalue weighted by molar-refractivity contribution is -0.138. The third-order valence-corrected chi connectivity index (χ3v) is 6.33. The fraction of sp³-hybridized carbons (Fsp3) is 0.464. The van der Waals surface area contributed by atoms with E-state index in [0.29, 0.717) is 19.0 Å². The zero-order chi connectivity index (χ0) is 25.4. The Bertz CT molecular complexity index is 990. The maximum Gasteiger partial charge on any atom is 0.407 e. The lowest BCUT2D eigenvalue weighted by atomic mass is 9.94. The Balaban J connectivity index is 1.41. The molecule has 0 bridgehead atoms. The molecule has 7 nitrogen and oxygen atoms in total. The average molecular weight is 481 g/mol. The van der Waals surface area contributed by atoms with Gasteiger partial charge < -0.3 is 20.5 Å². The van der Waals surface area contributed by atoms with Crippen LogP contribution in [0.25, 0.3) is 11.1 Å². The summed E-state index contributed by atoms with van der Waals surface area (Å²) in [5.41, 5.74) is 4.67. The summed E-state index contributed by atoms with van der Waals surface area (Å²) >= 11 is 0. The van der Waals surface area contributed by atoms with Crippen molar-refractivity contribution in [3.63, 3.8) is 0 Å². The van der Waals surface area contributed by atoms with Gasteiger partial charge in [0.1, 0.15) is 6.61 Å². The summed E-state index contributed by atoms with van der Waals surface area (Å²) in [6, 6.07) is 16.4. The summed E-state index contributed by atoms with van der Waals surface area (Å²) in [5.74, 6) is -0.821. The number of carboxylic acids is 1. The molecule has 1 aliphatic carbocycles. The van der Waals surface area contributed by atoms with Crippen molar-refractivity contribution in [3.8, 4) is 11.1 Å². The molecule has 0 spiro atoms. The van der Waals surface area contributed by atoms with E-state index < -0.39 is 12.1 Å². The lowest BCUT2D eigenvalue weighted by Gasteiger charge is -2.19. The molecule has 0 aromatic heterocycles. The van der Waals surface area contributed by atoms with Crippen molar-refractivity contribution in [1.29, 1.82) is 0 Å². The van der Waals surface area contributed by atoms with E-state index in [1.807, 2.05) is 45.0 Å². The molecule has 2 amide bonds. The Morgan fingerprint density at radius 3 is 2.06 bits per heavy atom. The van der Waals surface area contributed by atoms with Crippen LogP contribution in [0.4, 0.5) is 4.79 Å². The number of carbonyl (C=O) groups is 3. The molecule has 0 heterocycles. The van der Waals surface area contributed by atoms with Gasteiger partial charge in [0, 0.05) is 31.8 Å². The van der Waals surface area contributed by atoms with Gasteiger partial charge in [-0.05, 0) is 46.4 Å². The zero-order valence-corrected chi connectivity index (χ0v) is 20.8. The average Bonchev–Trinajstić information content (AvgIpc) is 3.13. The quantitative estimate of drug-likeness (QED) is 0.405. The van der Waals surface area contributed by atoms with Crippen molar-refractivity contribution >= 4 is 18.0 Å². The van der Waals surface area contributed by atoms with E-state index in [0.717, 1.165) is 17.5 Å². The minimum atomic E-state index is -0.856. The molecular weight excluding hydrogens is 444 g/mol. The molecule has 188 valence electrons. The zero-order valence-electron chi connectivity index (χ0n) is 20.8. The van der Waals surface area contributed by atoms with Crippen LogP contribution in [0.3, 0.4) is 0 Å². The molecule has 3 rings (SSSR count). The van der Waals surface area contributed by atoms with Gasteiger partial charge in [-0.15, -0.1) is 0 Å². The van der Waals surface area contributed by atoms with Gasteiger partial charge in [-0.25, -0.2) is 4.79 Å². The maximum absolute atomic E-state index is 12.3. The molecule has 0 fully saturated rings. The van der Waals surface area contributed by atoms with Crippen LogP contribution >= 0.6 is 0 Å². The second-order valence-corrected chi connectivity index (χ2v) is 9.91. The topological polar surface area (TPSA) is 105 Å². The van der Waals surface area contributed by atoms with Gasteiger partial charge in [-0.2, -0.15) is 0 Å². The van der Waals surface area contributed by atoms with E-state index >= 15 is 0 Å². The molecule has 2 atom stereocenters.